The highest BCUT2D eigenvalue weighted by molar-refractivity contribution is 5.97. The number of rotatable bonds is 2. The van der Waals surface area contributed by atoms with Crippen LogP contribution >= 0.6 is 0 Å². The van der Waals surface area contributed by atoms with Gasteiger partial charge in [0.2, 0.25) is 0 Å². The first-order valence-corrected chi connectivity index (χ1v) is 6.98. The van der Waals surface area contributed by atoms with E-state index in [9.17, 15) is 9.90 Å². The van der Waals surface area contributed by atoms with E-state index < -0.39 is 0 Å². The van der Waals surface area contributed by atoms with E-state index in [1.807, 2.05) is 24.0 Å². The summed E-state index contributed by atoms with van der Waals surface area (Å²) >= 11 is 0. The number of benzene rings is 1. The fourth-order valence-electron chi connectivity index (χ4n) is 2.73. The molecule has 0 bridgehead atoms. The van der Waals surface area contributed by atoms with Crippen LogP contribution in [0.2, 0.25) is 0 Å². The molecule has 0 aromatic heterocycles. The molecule has 1 amide bonds. The van der Waals surface area contributed by atoms with E-state index in [2.05, 4.69) is 4.90 Å². The molecule has 1 saturated carbocycles. The molecule has 0 radical (unpaired) electrons. The van der Waals surface area contributed by atoms with Crippen LogP contribution in [0.4, 0.5) is 0 Å². The number of amides is 1. The number of carbonyl (C=O) groups excluding carboxylic acids is 1. The highest BCUT2D eigenvalue weighted by Gasteiger charge is 2.32. The Bertz CT molecular complexity index is 489. The number of aromatic hydroxyl groups is 1. The summed E-state index contributed by atoms with van der Waals surface area (Å²) < 4.78 is 0. The first-order valence-electron chi connectivity index (χ1n) is 6.98. The minimum absolute atomic E-state index is 0.0448. The Hall–Kier alpha value is -1.55. The zero-order chi connectivity index (χ0) is 13.4. The zero-order valence-corrected chi connectivity index (χ0v) is 11.3. The second-order valence-electron chi connectivity index (χ2n) is 5.53. The Morgan fingerprint density at radius 2 is 1.89 bits per heavy atom. The Morgan fingerprint density at radius 3 is 2.53 bits per heavy atom. The smallest absolute Gasteiger partial charge is 0.257 e. The molecule has 3 rings (SSSR count). The number of hydrogen-bond acceptors (Lipinski definition) is 3. The van der Waals surface area contributed by atoms with Crippen molar-refractivity contribution < 1.29 is 9.90 Å². The first-order chi connectivity index (χ1) is 9.16. The minimum atomic E-state index is -0.0448. The third kappa shape index (κ3) is 2.45. The van der Waals surface area contributed by atoms with Gasteiger partial charge in [-0.05, 0) is 31.4 Å². The summed E-state index contributed by atoms with van der Waals surface area (Å²) in [6.45, 7) is 5.27. The molecule has 1 heterocycles. The van der Waals surface area contributed by atoms with Gasteiger partial charge in [0.15, 0.2) is 0 Å². The van der Waals surface area contributed by atoms with Crippen molar-refractivity contribution in [1.82, 2.24) is 9.80 Å². The van der Waals surface area contributed by atoms with Crippen molar-refractivity contribution in [3.8, 4) is 5.75 Å². The van der Waals surface area contributed by atoms with Gasteiger partial charge >= 0.3 is 0 Å². The van der Waals surface area contributed by atoms with E-state index in [4.69, 9.17) is 0 Å². The number of carbonyl (C=O) groups is 1. The SMILES string of the molecule is Cc1cccc(C(=O)N2CCN(C3CC3)CC2)c1O. The molecule has 2 aliphatic rings. The molecule has 1 aromatic rings. The lowest BCUT2D eigenvalue weighted by molar-refractivity contribution is 0.0624. The second-order valence-corrected chi connectivity index (χ2v) is 5.53. The van der Waals surface area contributed by atoms with Gasteiger partial charge in [0.25, 0.3) is 5.91 Å². The van der Waals surface area contributed by atoms with E-state index in [-0.39, 0.29) is 11.7 Å². The second kappa shape index (κ2) is 4.85. The largest absolute Gasteiger partial charge is 0.507 e. The summed E-state index contributed by atoms with van der Waals surface area (Å²) in [7, 11) is 0. The third-order valence-electron chi connectivity index (χ3n) is 4.13. The van der Waals surface area contributed by atoms with Crippen LogP contribution < -0.4 is 0 Å². The molecule has 0 unspecified atom stereocenters. The van der Waals surface area contributed by atoms with Crippen LogP contribution in [0.15, 0.2) is 18.2 Å². The molecule has 0 spiro atoms. The van der Waals surface area contributed by atoms with Crippen molar-refractivity contribution in [1.29, 1.82) is 0 Å². The molecule has 19 heavy (non-hydrogen) atoms. The lowest BCUT2D eigenvalue weighted by Gasteiger charge is -2.35. The fourth-order valence-corrected chi connectivity index (χ4v) is 2.73. The topological polar surface area (TPSA) is 43.8 Å². The number of hydrogen-bond donors (Lipinski definition) is 1. The molecule has 1 aliphatic heterocycles. The van der Waals surface area contributed by atoms with Gasteiger partial charge in [0.05, 0.1) is 5.56 Å². The summed E-state index contributed by atoms with van der Waals surface area (Å²) in [5.74, 6) is 0.0776. The number of phenols is 1. The number of para-hydroxylation sites is 1. The molecule has 0 atom stereocenters. The Kier molecular flexibility index (Phi) is 3.19. The maximum Gasteiger partial charge on any atom is 0.257 e. The van der Waals surface area contributed by atoms with Crippen molar-refractivity contribution in [3.05, 3.63) is 29.3 Å². The van der Waals surface area contributed by atoms with Crippen LogP contribution in [0.1, 0.15) is 28.8 Å². The lowest BCUT2D eigenvalue weighted by atomic mass is 10.1. The molecule has 2 fully saturated rings. The molecule has 4 heteroatoms. The third-order valence-corrected chi connectivity index (χ3v) is 4.13. The van der Waals surface area contributed by atoms with Crippen molar-refractivity contribution in [3.63, 3.8) is 0 Å². The van der Waals surface area contributed by atoms with Crippen LogP contribution in [0.5, 0.6) is 5.75 Å². The number of aryl methyl sites for hydroxylation is 1. The highest BCUT2D eigenvalue weighted by atomic mass is 16.3. The van der Waals surface area contributed by atoms with Crippen LogP contribution in [-0.4, -0.2) is 53.0 Å². The number of nitrogens with zero attached hydrogens (tertiary/aromatic N) is 2. The van der Waals surface area contributed by atoms with Crippen LogP contribution in [0.25, 0.3) is 0 Å². The van der Waals surface area contributed by atoms with Gasteiger partial charge in [-0.3, -0.25) is 9.69 Å². The van der Waals surface area contributed by atoms with Gasteiger partial charge in [-0.1, -0.05) is 12.1 Å². The quantitative estimate of drug-likeness (QED) is 0.879. The number of phenolic OH excluding ortho intramolecular Hbond substituents is 1. The number of piperazine rings is 1. The van der Waals surface area contributed by atoms with Gasteiger partial charge < -0.3 is 10.0 Å². The van der Waals surface area contributed by atoms with Crippen molar-refractivity contribution in [2.24, 2.45) is 0 Å². The first kappa shape index (κ1) is 12.5. The average molecular weight is 260 g/mol. The van der Waals surface area contributed by atoms with Crippen molar-refractivity contribution in [2.45, 2.75) is 25.8 Å². The van der Waals surface area contributed by atoms with E-state index in [1.54, 1.807) is 6.07 Å². The van der Waals surface area contributed by atoms with Crippen molar-refractivity contribution in [2.75, 3.05) is 26.2 Å². The van der Waals surface area contributed by atoms with Crippen LogP contribution in [-0.2, 0) is 0 Å². The van der Waals surface area contributed by atoms with Gasteiger partial charge in [-0.2, -0.15) is 0 Å². The Balaban J connectivity index is 1.69. The molecule has 1 saturated heterocycles. The highest BCUT2D eigenvalue weighted by Crippen LogP contribution is 2.28. The molecule has 1 aromatic carbocycles. The lowest BCUT2D eigenvalue weighted by Crippen LogP contribution is -2.49. The maximum absolute atomic E-state index is 12.4. The molecular formula is C15H20N2O2. The van der Waals surface area contributed by atoms with E-state index >= 15 is 0 Å². The molecular weight excluding hydrogens is 240 g/mol. The zero-order valence-electron chi connectivity index (χ0n) is 11.3. The van der Waals surface area contributed by atoms with Gasteiger partial charge in [0, 0.05) is 32.2 Å². The summed E-state index contributed by atoms with van der Waals surface area (Å²) in [5, 5.41) is 9.99. The standard InChI is InChI=1S/C15H20N2O2/c1-11-3-2-4-13(14(11)18)15(19)17-9-7-16(8-10-17)12-5-6-12/h2-4,12,18H,5-10H2,1H3. The molecule has 102 valence electrons. The fraction of sp³-hybridized carbons (Fsp3) is 0.533. The van der Waals surface area contributed by atoms with Crippen molar-refractivity contribution >= 4 is 5.91 Å². The monoisotopic (exact) mass is 260 g/mol. The van der Waals surface area contributed by atoms with Gasteiger partial charge in [-0.25, -0.2) is 0 Å². The summed E-state index contributed by atoms with van der Waals surface area (Å²) in [6, 6.07) is 6.11. The summed E-state index contributed by atoms with van der Waals surface area (Å²) in [6.07, 6.45) is 2.62. The van der Waals surface area contributed by atoms with E-state index in [0.29, 0.717) is 5.56 Å². The Morgan fingerprint density at radius 1 is 1.21 bits per heavy atom. The normalized spacial score (nSPS) is 20.6. The van der Waals surface area contributed by atoms with Crippen LogP contribution in [0, 0.1) is 6.92 Å². The maximum atomic E-state index is 12.4. The van der Waals surface area contributed by atoms with Gasteiger partial charge in [0.1, 0.15) is 5.75 Å². The Labute approximate surface area is 113 Å². The summed E-state index contributed by atoms with van der Waals surface area (Å²) in [5.41, 5.74) is 1.18. The predicted molar refractivity (Wildman–Crippen MR) is 73.3 cm³/mol. The van der Waals surface area contributed by atoms with E-state index in [1.165, 1.54) is 12.8 Å². The van der Waals surface area contributed by atoms with Gasteiger partial charge in [-0.15, -0.1) is 0 Å². The average Bonchev–Trinajstić information content (AvgIpc) is 3.26. The van der Waals surface area contributed by atoms with Crippen LogP contribution in [0.3, 0.4) is 0 Å². The minimum Gasteiger partial charge on any atom is -0.507 e. The molecule has 4 nitrogen and oxygen atoms in total. The molecule has 1 N–H and O–H groups in total. The summed E-state index contributed by atoms with van der Waals surface area (Å²) in [4.78, 5) is 16.7. The van der Waals surface area contributed by atoms with E-state index in [0.717, 1.165) is 37.8 Å². The predicted octanol–water partition coefficient (Wildman–Crippen LogP) is 1.62. The molecule has 1 aliphatic carbocycles.